The summed E-state index contributed by atoms with van der Waals surface area (Å²) in [4.78, 5) is 15.2. The van der Waals surface area contributed by atoms with E-state index in [1.54, 1.807) is 18.2 Å². The van der Waals surface area contributed by atoms with Crippen LogP contribution in [0.5, 0.6) is 0 Å². The number of benzene rings is 1. The van der Waals surface area contributed by atoms with E-state index in [1.165, 1.54) is 29.6 Å². The third kappa shape index (κ3) is 5.81. The van der Waals surface area contributed by atoms with Crippen LogP contribution in [0, 0.1) is 0 Å². The number of nitrogens with one attached hydrogen (secondary N) is 1. The van der Waals surface area contributed by atoms with Crippen molar-refractivity contribution in [3.63, 3.8) is 0 Å². The number of carbonyl (C=O) groups is 1. The maximum atomic E-state index is 13.1. The molecule has 2 fully saturated rings. The van der Waals surface area contributed by atoms with Crippen molar-refractivity contribution in [1.29, 1.82) is 0 Å². The largest absolute Gasteiger partial charge is 0.373 e. The Labute approximate surface area is 180 Å². The molecule has 0 bridgehead atoms. The van der Waals surface area contributed by atoms with Crippen LogP contribution < -0.4 is 5.32 Å². The van der Waals surface area contributed by atoms with Crippen LogP contribution in [-0.4, -0.2) is 74.5 Å². The predicted molar refractivity (Wildman–Crippen MR) is 117 cm³/mol. The van der Waals surface area contributed by atoms with E-state index in [2.05, 4.69) is 17.1 Å². The van der Waals surface area contributed by atoms with Gasteiger partial charge in [0.15, 0.2) is 0 Å². The summed E-state index contributed by atoms with van der Waals surface area (Å²) >= 11 is 0. The Balaban J connectivity index is 1.57. The first-order chi connectivity index (χ1) is 14.3. The van der Waals surface area contributed by atoms with Gasteiger partial charge in [-0.3, -0.25) is 4.79 Å². The lowest BCUT2D eigenvalue weighted by Crippen LogP contribution is -2.48. The van der Waals surface area contributed by atoms with Crippen molar-refractivity contribution in [1.82, 2.24) is 14.5 Å². The van der Waals surface area contributed by atoms with Crippen molar-refractivity contribution in [3.05, 3.63) is 29.8 Å². The molecular formula is C22H35N3O4S. The first-order valence-electron chi connectivity index (χ1n) is 11.1. The highest BCUT2D eigenvalue weighted by Gasteiger charge is 2.32. The molecule has 2 aliphatic heterocycles. The lowest BCUT2D eigenvalue weighted by Gasteiger charge is -2.34. The number of hydrogen-bond donors (Lipinski definition) is 1. The Morgan fingerprint density at radius 1 is 1.17 bits per heavy atom. The minimum Gasteiger partial charge on any atom is -0.373 e. The average molecular weight is 438 g/mol. The van der Waals surface area contributed by atoms with E-state index in [4.69, 9.17) is 4.74 Å². The molecule has 2 saturated heterocycles. The summed E-state index contributed by atoms with van der Waals surface area (Å²) in [6, 6.07) is 6.93. The maximum absolute atomic E-state index is 13.1. The van der Waals surface area contributed by atoms with Crippen LogP contribution in [0.1, 0.15) is 56.8 Å². The summed E-state index contributed by atoms with van der Waals surface area (Å²) in [5.74, 6) is -0.234. The van der Waals surface area contributed by atoms with Crippen molar-refractivity contribution in [3.8, 4) is 0 Å². The van der Waals surface area contributed by atoms with Crippen molar-refractivity contribution in [2.24, 2.45) is 0 Å². The van der Waals surface area contributed by atoms with Gasteiger partial charge in [0, 0.05) is 37.8 Å². The number of amides is 1. The van der Waals surface area contributed by atoms with Crippen molar-refractivity contribution in [2.45, 2.75) is 69.6 Å². The Hall–Kier alpha value is -1.48. The monoisotopic (exact) mass is 437 g/mol. The number of likely N-dealkylation sites (tertiary alicyclic amines) is 1. The number of morpholine rings is 1. The quantitative estimate of drug-likeness (QED) is 0.663. The fourth-order valence-electron chi connectivity index (χ4n) is 4.35. The number of rotatable bonds is 7. The minimum absolute atomic E-state index is 0.151. The summed E-state index contributed by atoms with van der Waals surface area (Å²) in [5, 5.41) is 2.93. The topological polar surface area (TPSA) is 79.0 Å². The van der Waals surface area contributed by atoms with Crippen molar-refractivity contribution in [2.75, 3.05) is 32.7 Å². The van der Waals surface area contributed by atoms with Gasteiger partial charge < -0.3 is 15.0 Å². The lowest BCUT2D eigenvalue weighted by atomic mass is 10.0. The van der Waals surface area contributed by atoms with E-state index in [9.17, 15) is 13.2 Å². The van der Waals surface area contributed by atoms with Gasteiger partial charge in [-0.25, -0.2) is 8.42 Å². The predicted octanol–water partition coefficient (Wildman–Crippen LogP) is 2.48. The van der Waals surface area contributed by atoms with Gasteiger partial charge in [-0.05, 0) is 64.8 Å². The second-order valence-corrected chi connectivity index (χ2v) is 10.5. The molecule has 2 heterocycles. The highest BCUT2D eigenvalue weighted by atomic mass is 32.2. The maximum Gasteiger partial charge on any atom is 0.251 e. The molecule has 7 nitrogen and oxygen atoms in total. The molecule has 3 atom stereocenters. The Bertz CT molecular complexity index is 819. The molecule has 1 amide bonds. The molecule has 8 heteroatoms. The third-order valence-electron chi connectivity index (χ3n) is 5.97. The molecule has 0 radical (unpaired) electrons. The van der Waals surface area contributed by atoms with Crippen LogP contribution >= 0.6 is 0 Å². The number of nitrogens with zero attached hydrogens (tertiary/aromatic N) is 2. The Morgan fingerprint density at radius 2 is 1.90 bits per heavy atom. The van der Waals surface area contributed by atoms with Crippen LogP contribution in [0.25, 0.3) is 0 Å². The van der Waals surface area contributed by atoms with Gasteiger partial charge in [0.2, 0.25) is 10.0 Å². The SMILES string of the molecule is C[C@@H]1CN(S(=O)(=O)c2cccc(C(=O)NCCCN3CCCC[C@@H]3C)c2)C[C@H](C)O1. The zero-order valence-electron chi connectivity index (χ0n) is 18.3. The molecule has 0 aliphatic carbocycles. The van der Waals surface area contributed by atoms with Gasteiger partial charge in [0.05, 0.1) is 17.1 Å². The molecule has 0 aromatic heterocycles. The van der Waals surface area contributed by atoms with Gasteiger partial charge in [0.1, 0.15) is 0 Å². The number of ether oxygens (including phenoxy) is 1. The summed E-state index contributed by atoms with van der Waals surface area (Å²) in [6.45, 7) is 9.32. The molecule has 1 aromatic rings. The molecule has 0 unspecified atom stereocenters. The highest BCUT2D eigenvalue weighted by Crippen LogP contribution is 2.22. The van der Waals surface area contributed by atoms with Gasteiger partial charge in [-0.1, -0.05) is 12.5 Å². The zero-order chi connectivity index (χ0) is 21.7. The van der Waals surface area contributed by atoms with Gasteiger partial charge in [-0.15, -0.1) is 0 Å². The van der Waals surface area contributed by atoms with Gasteiger partial charge in [0.25, 0.3) is 5.91 Å². The van der Waals surface area contributed by atoms with Gasteiger partial charge >= 0.3 is 0 Å². The molecule has 2 aliphatic rings. The number of piperidine rings is 1. The van der Waals surface area contributed by atoms with E-state index < -0.39 is 10.0 Å². The summed E-state index contributed by atoms with van der Waals surface area (Å²) in [6.07, 6.45) is 4.37. The smallest absolute Gasteiger partial charge is 0.251 e. The number of hydrogen-bond acceptors (Lipinski definition) is 5. The Morgan fingerprint density at radius 3 is 2.60 bits per heavy atom. The minimum atomic E-state index is -3.66. The molecule has 0 spiro atoms. The number of carbonyl (C=O) groups excluding carboxylic acids is 1. The van der Waals surface area contributed by atoms with Crippen molar-refractivity contribution < 1.29 is 17.9 Å². The first kappa shape index (κ1) is 23.2. The molecule has 1 aromatic carbocycles. The molecule has 168 valence electrons. The van der Waals surface area contributed by atoms with Crippen LogP contribution in [0.15, 0.2) is 29.2 Å². The third-order valence-corrected chi connectivity index (χ3v) is 7.80. The molecule has 3 rings (SSSR count). The highest BCUT2D eigenvalue weighted by molar-refractivity contribution is 7.89. The summed E-state index contributed by atoms with van der Waals surface area (Å²) < 4.78 is 33.2. The average Bonchev–Trinajstić information content (AvgIpc) is 2.71. The molecular weight excluding hydrogens is 402 g/mol. The fraction of sp³-hybridized carbons (Fsp3) is 0.682. The van der Waals surface area contributed by atoms with E-state index in [0.717, 1.165) is 19.5 Å². The number of sulfonamides is 1. The standard InChI is InChI=1S/C22H35N3O4S/c1-17-8-4-5-12-24(17)13-7-11-23-22(26)20-9-6-10-21(14-20)30(27,28)25-15-18(2)29-19(3)16-25/h6,9-10,14,17-19H,4-5,7-8,11-13,15-16H2,1-3H3,(H,23,26)/t17-,18-,19+/m0/s1. The fourth-order valence-corrected chi connectivity index (χ4v) is 5.99. The van der Waals surface area contributed by atoms with Gasteiger partial charge in [-0.2, -0.15) is 4.31 Å². The van der Waals surface area contributed by atoms with Crippen LogP contribution in [0.2, 0.25) is 0 Å². The lowest BCUT2D eigenvalue weighted by molar-refractivity contribution is -0.0440. The van der Waals surface area contributed by atoms with Crippen molar-refractivity contribution >= 4 is 15.9 Å². The van der Waals surface area contributed by atoms with Crippen LogP contribution in [0.3, 0.4) is 0 Å². The summed E-state index contributed by atoms with van der Waals surface area (Å²) in [7, 11) is -3.66. The second kappa shape index (κ2) is 10.2. The molecule has 0 saturated carbocycles. The second-order valence-electron chi connectivity index (χ2n) is 8.60. The van der Waals surface area contributed by atoms with E-state index >= 15 is 0 Å². The normalized spacial score (nSPS) is 26.4. The summed E-state index contributed by atoms with van der Waals surface area (Å²) in [5.41, 5.74) is 0.372. The molecule has 30 heavy (non-hydrogen) atoms. The van der Waals surface area contributed by atoms with E-state index in [1.807, 2.05) is 13.8 Å². The van der Waals surface area contributed by atoms with E-state index in [-0.39, 0.29) is 23.0 Å². The first-order valence-corrected chi connectivity index (χ1v) is 12.5. The van der Waals surface area contributed by atoms with E-state index in [0.29, 0.717) is 31.2 Å². The zero-order valence-corrected chi connectivity index (χ0v) is 19.2. The Kier molecular flexibility index (Phi) is 7.90. The van der Waals surface area contributed by atoms with Crippen LogP contribution in [0.4, 0.5) is 0 Å². The van der Waals surface area contributed by atoms with Crippen LogP contribution in [-0.2, 0) is 14.8 Å². The molecule has 1 N–H and O–H groups in total.